The minimum Gasteiger partial charge on any atom is -0.271 e. The topological polar surface area (TPSA) is 38.0 Å². The van der Waals surface area contributed by atoms with Crippen molar-refractivity contribution in [2.75, 3.05) is 0 Å². The lowest BCUT2D eigenvalue weighted by Gasteiger charge is -2.13. The van der Waals surface area contributed by atoms with E-state index in [2.05, 4.69) is 12.0 Å². The monoisotopic (exact) mass is 196 g/mol. The minimum atomic E-state index is 0.0937. The molecule has 0 aliphatic heterocycles. The van der Waals surface area contributed by atoms with Gasteiger partial charge >= 0.3 is 0 Å². The van der Waals surface area contributed by atoms with Crippen molar-refractivity contribution in [1.82, 2.24) is 5.43 Å². The van der Waals surface area contributed by atoms with Gasteiger partial charge in [0.2, 0.25) is 0 Å². The van der Waals surface area contributed by atoms with Crippen LogP contribution in [0, 0.1) is 0 Å². The number of nitrogens with one attached hydrogen (secondary N) is 1. The van der Waals surface area contributed by atoms with Crippen molar-refractivity contribution in [3.8, 4) is 0 Å². The van der Waals surface area contributed by atoms with E-state index in [1.165, 1.54) is 0 Å². The quantitative estimate of drug-likeness (QED) is 0.441. The van der Waals surface area contributed by atoms with Gasteiger partial charge in [0.15, 0.2) is 0 Å². The van der Waals surface area contributed by atoms with Gasteiger partial charge in [-0.25, -0.2) is 0 Å². The van der Waals surface area contributed by atoms with E-state index in [9.17, 15) is 0 Å². The van der Waals surface area contributed by atoms with Crippen molar-refractivity contribution in [3.05, 3.63) is 47.5 Å². The zero-order valence-electron chi connectivity index (χ0n) is 7.33. The largest absolute Gasteiger partial charge is 0.271 e. The summed E-state index contributed by atoms with van der Waals surface area (Å²) in [6, 6.07) is 7.73. The van der Waals surface area contributed by atoms with Crippen molar-refractivity contribution in [2.24, 2.45) is 5.84 Å². The van der Waals surface area contributed by atoms with Gasteiger partial charge in [-0.2, -0.15) is 0 Å². The van der Waals surface area contributed by atoms with Crippen LogP contribution in [0.1, 0.15) is 18.0 Å². The van der Waals surface area contributed by atoms with Gasteiger partial charge in [0, 0.05) is 11.1 Å². The lowest BCUT2D eigenvalue weighted by Crippen LogP contribution is -2.27. The van der Waals surface area contributed by atoms with Crippen LogP contribution in [0.25, 0.3) is 0 Å². The van der Waals surface area contributed by atoms with Crippen LogP contribution in [0.5, 0.6) is 0 Å². The van der Waals surface area contributed by atoms with Crippen LogP contribution in [0.3, 0.4) is 0 Å². The van der Waals surface area contributed by atoms with E-state index >= 15 is 0 Å². The first-order valence-corrected chi connectivity index (χ1v) is 4.48. The Morgan fingerprint density at radius 3 is 2.92 bits per heavy atom. The highest BCUT2D eigenvalue weighted by atomic mass is 35.5. The second-order valence-corrected chi connectivity index (χ2v) is 3.24. The van der Waals surface area contributed by atoms with Crippen molar-refractivity contribution < 1.29 is 0 Å². The molecule has 0 aliphatic rings. The van der Waals surface area contributed by atoms with Gasteiger partial charge in [-0.15, -0.1) is 6.58 Å². The van der Waals surface area contributed by atoms with Crippen LogP contribution in [-0.4, -0.2) is 0 Å². The third-order valence-electron chi connectivity index (χ3n) is 1.85. The molecule has 3 N–H and O–H groups in total. The van der Waals surface area contributed by atoms with Crippen LogP contribution in [0.4, 0.5) is 0 Å². The van der Waals surface area contributed by atoms with Crippen LogP contribution in [-0.2, 0) is 0 Å². The fraction of sp³-hybridized carbons (Fsp3) is 0.200. The first kappa shape index (κ1) is 10.3. The predicted octanol–water partition coefficient (Wildman–Crippen LogP) is 2.42. The Labute approximate surface area is 83.4 Å². The maximum Gasteiger partial charge on any atom is 0.0494 e. The molecule has 70 valence electrons. The molecule has 2 nitrogen and oxygen atoms in total. The maximum atomic E-state index is 5.85. The van der Waals surface area contributed by atoms with Crippen molar-refractivity contribution in [2.45, 2.75) is 12.5 Å². The summed E-state index contributed by atoms with van der Waals surface area (Å²) in [7, 11) is 0. The summed E-state index contributed by atoms with van der Waals surface area (Å²) in [5.74, 6) is 5.40. The molecule has 0 amide bonds. The van der Waals surface area contributed by atoms with Crippen LogP contribution >= 0.6 is 11.6 Å². The SMILES string of the molecule is C=CCC(NN)c1cccc(Cl)c1. The highest BCUT2D eigenvalue weighted by Gasteiger charge is 2.06. The third-order valence-corrected chi connectivity index (χ3v) is 2.09. The first-order chi connectivity index (χ1) is 6.27. The summed E-state index contributed by atoms with van der Waals surface area (Å²) >= 11 is 5.85. The number of nitrogens with two attached hydrogens (primary N) is 1. The van der Waals surface area contributed by atoms with Gasteiger partial charge in [-0.05, 0) is 24.1 Å². The van der Waals surface area contributed by atoms with Gasteiger partial charge in [-0.3, -0.25) is 11.3 Å². The second kappa shape index (κ2) is 5.02. The van der Waals surface area contributed by atoms with Gasteiger partial charge < -0.3 is 0 Å². The summed E-state index contributed by atoms with van der Waals surface area (Å²) in [4.78, 5) is 0. The minimum absolute atomic E-state index is 0.0937. The average Bonchev–Trinajstić information content (AvgIpc) is 2.14. The molecular weight excluding hydrogens is 184 g/mol. The highest BCUT2D eigenvalue weighted by Crippen LogP contribution is 2.19. The molecule has 0 saturated carbocycles. The molecule has 0 bridgehead atoms. The highest BCUT2D eigenvalue weighted by molar-refractivity contribution is 6.30. The molecular formula is C10H13ClN2. The lowest BCUT2D eigenvalue weighted by molar-refractivity contribution is 0.561. The Kier molecular flexibility index (Phi) is 3.96. The lowest BCUT2D eigenvalue weighted by atomic mass is 10.0. The molecule has 0 aliphatic carbocycles. The molecule has 1 atom stereocenters. The number of hydrogen-bond acceptors (Lipinski definition) is 2. The summed E-state index contributed by atoms with van der Waals surface area (Å²) < 4.78 is 0. The Balaban J connectivity index is 2.84. The summed E-state index contributed by atoms with van der Waals surface area (Å²) in [6.45, 7) is 3.67. The Bertz CT molecular complexity index is 286. The van der Waals surface area contributed by atoms with Crippen LogP contribution < -0.4 is 11.3 Å². The summed E-state index contributed by atoms with van der Waals surface area (Å²) in [6.07, 6.45) is 2.61. The number of benzene rings is 1. The standard InChI is InChI=1S/C10H13ClN2/c1-2-4-10(13-12)8-5-3-6-9(11)7-8/h2-3,5-7,10,13H,1,4,12H2. The van der Waals surface area contributed by atoms with Gasteiger partial charge in [0.25, 0.3) is 0 Å². The predicted molar refractivity (Wildman–Crippen MR) is 56.3 cm³/mol. The van der Waals surface area contributed by atoms with Gasteiger partial charge in [0.05, 0.1) is 0 Å². The first-order valence-electron chi connectivity index (χ1n) is 4.10. The zero-order valence-corrected chi connectivity index (χ0v) is 8.09. The van der Waals surface area contributed by atoms with Crippen molar-refractivity contribution in [3.63, 3.8) is 0 Å². The molecule has 1 rings (SSSR count). The average molecular weight is 197 g/mol. The fourth-order valence-corrected chi connectivity index (χ4v) is 1.39. The molecule has 0 saturated heterocycles. The smallest absolute Gasteiger partial charge is 0.0494 e. The Morgan fingerprint density at radius 1 is 1.62 bits per heavy atom. The van der Waals surface area contributed by atoms with Crippen molar-refractivity contribution in [1.29, 1.82) is 0 Å². The van der Waals surface area contributed by atoms with E-state index in [-0.39, 0.29) is 6.04 Å². The third kappa shape index (κ3) is 2.84. The van der Waals surface area contributed by atoms with E-state index in [0.29, 0.717) is 0 Å². The molecule has 1 aromatic carbocycles. The van der Waals surface area contributed by atoms with E-state index in [4.69, 9.17) is 17.4 Å². The van der Waals surface area contributed by atoms with Crippen LogP contribution in [0.15, 0.2) is 36.9 Å². The fourth-order valence-electron chi connectivity index (χ4n) is 1.19. The number of hydrazine groups is 1. The molecule has 0 heterocycles. The van der Waals surface area contributed by atoms with Gasteiger partial charge in [0.1, 0.15) is 0 Å². The Hall–Kier alpha value is -0.830. The molecule has 1 aromatic rings. The van der Waals surface area contributed by atoms with Crippen LogP contribution in [0.2, 0.25) is 5.02 Å². The molecule has 3 heteroatoms. The molecule has 0 aromatic heterocycles. The molecule has 0 fully saturated rings. The van der Waals surface area contributed by atoms with E-state index in [1.54, 1.807) is 0 Å². The van der Waals surface area contributed by atoms with E-state index in [1.807, 2.05) is 30.3 Å². The summed E-state index contributed by atoms with van der Waals surface area (Å²) in [5.41, 5.74) is 3.80. The number of rotatable bonds is 4. The molecule has 13 heavy (non-hydrogen) atoms. The number of halogens is 1. The second-order valence-electron chi connectivity index (χ2n) is 2.80. The number of hydrogen-bond donors (Lipinski definition) is 2. The molecule has 1 unspecified atom stereocenters. The summed E-state index contributed by atoms with van der Waals surface area (Å²) in [5, 5.41) is 0.724. The normalized spacial score (nSPS) is 12.5. The molecule has 0 radical (unpaired) electrons. The Morgan fingerprint density at radius 2 is 2.38 bits per heavy atom. The zero-order chi connectivity index (χ0) is 9.68. The maximum absolute atomic E-state index is 5.85. The van der Waals surface area contributed by atoms with Crippen molar-refractivity contribution >= 4 is 11.6 Å². The van der Waals surface area contributed by atoms with E-state index in [0.717, 1.165) is 17.0 Å². The van der Waals surface area contributed by atoms with Gasteiger partial charge in [-0.1, -0.05) is 29.8 Å². The molecule has 0 spiro atoms. The van der Waals surface area contributed by atoms with E-state index < -0.39 is 0 Å².